The summed E-state index contributed by atoms with van der Waals surface area (Å²) in [5, 5.41) is -0.427. The van der Waals surface area contributed by atoms with Gasteiger partial charge in [-0.05, 0) is 53.2 Å². The van der Waals surface area contributed by atoms with Crippen LogP contribution in [-0.2, 0) is 16.2 Å². The molecule has 0 aliphatic carbocycles. The molecule has 188 valence electrons. The van der Waals surface area contributed by atoms with Crippen molar-refractivity contribution in [1.29, 1.82) is 0 Å². The molecule has 3 amide bonds. The molecule has 5 rings (SSSR count). The van der Waals surface area contributed by atoms with Crippen LogP contribution in [0.4, 0.5) is 10.5 Å². The van der Waals surface area contributed by atoms with Crippen LogP contribution in [0.2, 0.25) is 0 Å². The zero-order chi connectivity index (χ0) is 25.6. The number of piperazine rings is 1. The van der Waals surface area contributed by atoms with E-state index in [1.165, 1.54) is 0 Å². The summed E-state index contributed by atoms with van der Waals surface area (Å²) < 4.78 is 5.87. The van der Waals surface area contributed by atoms with Gasteiger partial charge in [-0.15, -0.1) is 0 Å². The Labute approximate surface area is 220 Å². The first-order valence-corrected chi connectivity index (χ1v) is 13.0. The van der Waals surface area contributed by atoms with Gasteiger partial charge in [-0.25, -0.2) is 0 Å². The highest BCUT2D eigenvalue weighted by Crippen LogP contribution is 2.32. The number of benzene rings is 3. The number of amides is 3. The lowest BCUT2D eigenvalue weighted by Gasteiger charge is -2.36. The molecule has 2 saturated heterocycles. The van der Waals surface area contributed by atoms with Crippen molar-refractivity contribution >= 4 is 40.6 Å². The number of ether oxygens (including phenoxy) is 1. The molecule has 0 N–H and O–H groups in total. The SMILES string of the molecule is O=C(CN1C(=O)S/C(=C/c2cccc(OCc3ccccc3)c2)C1=O)N1CCN(c2ccccc2)CC1. The Hall–Kier alpha value is -4.04. The minimum atomic E-state index is -0.443. The molecule has 8 heteroatoms. The van der Waals surface area contributed by atoms with E-state index in [1.807, 2.05) is 72.8 Å². The van der Waals surface area contributed by atoms with Crippen LogP contribution in [-0.4, -0.2) is 59.6 Å². The Morgan fingerprint density at radius 1 is 0.865 bits per heavy atom. The highest BCUT2D eigenvalue weighted by molar-refractivity contribution is 8.18. The summed E-state index contributed by atoms with van der Waals surface area (Å²) in [6, 6.07) is 27.3. The summed E-state index contributed by atoms with van der Waals surface area (Å²) in [4.78, 5) is 43.8. The minimum Gasteiger partial charge on any atom is -0.489 e. The number of carbonyl (C=O) groups excluding carboxylic acids is 3. The molecule has 3 aromatic carbocycles. The molecule has 2 heterocycles. The Morgan fingerprint density at radius 2 is 1.57 bits per heavy atom. The van der Waals surface area contributed by atoms with Gasteiger partial charge in [0.1, 0.15) is 18.9 Å². The predicted octanol–water partition coefficient (Wildman–Crippen LogP) is 4.65. The van der Waals surface area contributed by atoms with Gasteiger partial charge >= 0.3 is 0 Å². The van der Waals surface area contributed by atoms with Crippen LogP contribution >= 0.6 is 11.8 Å². The molecule has 3 aromatic rings. The van der Waals surface area contributed by atoms with Crippen molar-refractivity contribution in [3.05, 3.63) is 101 Å². The average molecular weight is 514 g/mol. The van der Waals surface area contributed by atoms with E-state index in [-0.39, 0.29) is 12.5 Å². The second-order valence-corrected chi connectivity index (χ2v) is 9.81. The summed E-state index contributed by atoms with van der Waals surface area (Å²) in [5.74, 6) is 0.0103. The summed E-state index contributed by atoms with van der Waals surface area (Å²) >= 11 is 0.858. The third-order valence-corrected chi connectivity index (χ3v) is 7.23. The minimum absolute atomic E-state index is 0.215. The third kappa shape index (κ3) is 6.03. The monoisotopic (exact) mass is 513 g/mol. The first-order valence-electron chi connectivity index (χ1n) is 12.2. The number of para-hydroxylation sites is 1. The van der Waals surface area contributed by atoms with Crippen LogP contribution in [0.15, 0.2) is 89.8 Å². The predicted molar refractivity (Wildman–Crippen MR) is 145 cm³/mol. The molecule has 0 radical (unpaired) electrons. The van der Waals surface area contributed by atoms with Crippen molar-refractivity contribution in [2.45, 2.75) is 6.61 Å². The average Bonchev–Trinajstić information content (AvgIpc) is 3.20. The third-order valence-electron chi connectivity index (χ3n) is 6.32. The molecule has 2 aliphatic rings. The van der Waals surface area contributed by atoms with Crippen LogP contribution in [0, 0.1) is 0 Å². The fraction of sp³-hybridized carbons (Fsp3) is 0.207. The van der Waals surface area contributed by atoms with E-state index in [0.29, 0.717) is 43.4 Å². The van der Waals surface area contributed by atoms with Crippen molar-refractivity contribution in [1.82, 2.24) is 9.80 Å². The number of carbonyl (C=O) groups is 3. The van der Waals surface area contributed by atoms with Crippen molar-refractivity contribution in [3.63, 3.8) is 0 Å². The number of anilines is 1. The molecule has 2 fully saturated rings. The fourth-order valence-corrected chi connectivity index (χ4v) is 5.15. The number of hydrogen-bond donors (Lipinski definition) is 0. The highest BCUT2D eigenvalue weighted by Gasteiger charge is 2.37. The van der Waals surface area contributed by atoms with Gasteiger partial charge in [-0.1, -0.05) is 60.7 Å². The van der Waals surface area contributed by atoms with E-state index < -0.39 is 11.1 Å². The maximum Gasteiger partial charge on any atom is 0.294 e. The number of imide groups is 1. The van der Waals surface area contributed by atoms with E-state index in [2.05, 4.69) is 17.0 Å². The molecular weight excluding hydrogens is 486 g/mol. The second-order valence-electron chi connectivity index (χ2n) is 8.82. The normalized spacial score (nSPS) is 17.0. The topological polar surface area (TPSA) is 70.2 Å². The zero-order valence-electron chi connectivity index (χ0n) is 20.3. The Balaban J connectivity index is 1.18. The molecule has 37 heavy (non-hydrogen) atoms. The molecule has 0 saturated carbocycles. The summed E-state index contributed by atoms with van der Waals surface area (Å²) in [7, 11) is 0. The first-order chi connectivity index (χ1) is 18.1. The maximum atomic E-state index is 13.0. The zero-order valence-corrected chi connectivity index (χ0v) is 21.1. The van der Waals surface area contributed by atoms with Gasteiger partial charge in [0.25, 0.3) is 11.1 Å². The van der Waals surface area contributed by atoms with Crippen molar-refractivity contribution in [3.8, 4) is 5.75 Å². The fourth-order valence-electron chi connectivity index (χ4n) is 4.31. The largest absolute Gasteiger partial charge is 0.489 e. The quantitative estimate of drug-likeness (QED) is 0.429. The smallest absolute Gasteiger partial charge is 0.294 e. The van der Waals surface area contributed by atoms with Gasteiger partial charge in [0.05, 0.1) is 4.91 Å². The van der Waals surface area contributed by atoms with Crippen LogP contribution in [0.1, 0.15) is 11.1 Å². The Kier molecular flexibility index (Phi) is 7.56. The van der Waals surface area contributed by atoms with Crippen LogP contribution in [0.3, 0.4) is 0 Å². The Morgan fingerprint density at radius 3 is 2.30 bits per heavy atom. The van der Waals surface area contributed by atoms with Gasteiger partial charge < -0.3 is 14.5 Å². The molecule has 0 spiro atoms. The van der Waals surface area contributed by atoms with E-state index >= 15 is 0 Å². The molecule has 0 bridgehead atoms. The molecule has 0 aromatic heterocycles. The van der Waals surface area contributed by atoms with E-state index in [1.54, 1.807) is 11.0 Å². The molecular formula is C29H27N3O4S. The molecule has 7 nitrogen and oxygen atoms in total. The van der Waals surface area contributed by atoms with E-state index in [9.17, 15) is 14.4 Å². The van der Waals surface area contributed by atoms with Gasteiger partial charge in [-0.2, -0.15) is 0 Å². The molecule has 0 atom stereocenters. The number of nitrogens with zero attached hydrogens (tertiary/aromatic N) is 3. The van der Waals surface area contributed by atoms with Gasteiger partial charge in [-0.3, -0.25) is 19.3 Å². The van der Waals surface area contributed by atoms with Crippen LogP contribution < -0.4 is 9.64 Å². The number of hydrogen-bond acceptors (Lipinski definition) is 6. The van der Waals surface area contributed by atoms with Gasteiger partial charge in [0, 0.05) is 31.9 Å². The molecule has 0 unspecified atom stereocenters. The van der Waals surface area contributed by atoms with Crippen molar-refractivity contribution < 1.29 is 19.1 Å². The highest BCUT2D eigenvalue weighted by atomic mass is 32.2. The van der Waals surface area contributed by atoms with Gasteiger partial charge in [0.15, 0.2) is 0 Å². The number of thioether (sulfide) groups is 1. The van der Waals surface area contributed by atoms with Gasteiger partial charge in [0.2, 0.25) is 5.91 Å². The van der Waals surface area contributed by atoms with E-state index in [0.717, 1.165) is 33.5 Å². The standard InChI is InChI=1S/C29H27N3O4S/c33-27(31-16-14-30(15-17-31)24-11-5-2-6-12-24)20-32-28(34)26(37-29(32)35)19-23-10-7-13-25(18-23)36-21-22-8-3-1-4-9-22/h1-13,18-19H,14-17,20-21H2/b26-19+. The summed E-state index contributed by atoms with van der Waals surface area (Å²) in [5.41, 5.74) is 2.93. The maximum absolute atomic E-state index is 13.0. The number of rotatable bonds is 7. The van der Waals surface area contributed by atoms with Crippen LogP contribution in [0.5, 0.6) is 5.75 Å². The lowest BCUT2D eigenvalue weighted by molar-refractivity contribution is -0.136. The Bertz CT molecular complexity index is 1300. The lowest BCUT2D eigenvalue weighted by Crippen LogP contribution is -2.51. The van der Waals surface area contributed by atoms with Crippen molar-refractivity contribution in [2.75, 3.05) is 37.6 Å². The lowest BCUT2D eigenvalue weighted by atomic mass is 10.2. The summed E-state index contributed by atoms with van der Waals surface area (Å²) in [6.07, 6.45) is 1.67. The van der Waals surface area contributed by atoms with Crippen molar-refractivity contribution in [2.24, 2.45) is 0 Å². The summed E-state index contributed by atoms with van der Waals surface area (Å²) in [6.45, 7) is 2.71. The second kappa shape index (κ2) is 11.3. The van der Waals surface area contributed by atoms with Crippen LogP contribution in [0.25, 0.3) is 6.08 Å². The van der Waals surface area contributed by atoms with E-state index in [4.69, 9.17) is 4.74 Å². The first kappa shape index (κ1) is 24.6. The molecule has 2 aliphatic heterocycles.